The molecule has 2 fully saturated rings. The number of aromatic nitrogens is 2. The number of benzene rings is 1. The summed E-state index contributed by atoms with van der Waals surface area (Å²) in [6.45, 7) is 8.71. The van der Waals surface area contributed by atoms with Gasteiger partial charge in [-0.1, -0.05) is 18.2 Å². The molecule has 5 rings (SSSR count). The van der Waals surface area contributed by atoms with Gasteiger partial charge in [-0.25, -0.2) is 4.39 Å². The maximum absolute atomic E-state index is 14.0. The number of halogens is 1. The van der Waals surface area contributed by atoms with Gasteiger partial charge in [-0.15, -0.1) is 0 Å². The highest BCUT2D eigenvalue weighted by molar-refractivity contribution is 5.88. The van der Waals surface area contributed by atoms with Crippen molar-refractivity contribution in [2.75, 3.05) is 76.8 Å². The largest absolute Gasteiger partial charge is 0.462 e. The summed E-state index contributed by atoms with van der Waals surface area (Å²) >= 11 is 0. The number of carbonyl (C=O) groups is 1. The van der Waals surface area contributed by atoms with E-state index in [2.05, 4.69) is 47.9 Å². The normalized spacial score (nSPS) is 22.5. The van der Waals surface area contributed by atoms with Crippen LogP contribution in [0.2, 0.25) is 0 Å². The molecule has 3 aliphatic rings. The van der Waals surface area contributed by atoms with Crippen LogP contribution in [0, 0.1) is 25.2 Å². The molecule has 3 atom stereocenters. The Morgan fingerprint density at radius 3 is 2.70 bits per heavy atom. The Labute approximate surface area is 260 Å². The number of aryl methyl sites for hydroxylation is 1. The molecule has 2 aromatic rings. The first kappa shape index (κ1) is 31.7. The molecule has 2 saturated heterocycles. The third-order valence-electron chi connectivity index (χ3n) is 9.10. The van der Waals surface area contributed by atoms with Crippen molar-refractivity contribution in [1.29, 1.82) is 5.26 Å². The van der Waals surface area contributed by atoms with E-state index in [9.17, 15) is 14.4 Å². The maximum atomic E-state index is 14.0. The number of likely N-dealkylation sites (tertiary alicyclic amines) is 1. The van der Waals surface area contributed by atoms with E-state index in [1.54, 1.807) is 6.08 Å². The Bertz CT molecular complexity index is 1410. The van der Waals surface area contributed by atoms with Crippen LogP contribution in [0.1, 0.15) is 35.2 Å². The number of likely N-dealkylation sites (N-methyl/N-ethyl adjacent to an activating group) is 2. The fourth-order valence-corrected chi connectivity index (χ4v) is 6.45. The summed E-state index contributed by atoms with van der Waals surface area (Å²) in [4.78, 5) is 33.3. The van der Waals surface area contributed by atoms with Gasteiger partial charge in [0.2, 0.25) is 5.91 Å². The topological polar surface area (TPSA) is 92.1 Å². The lowest BCUT2D eigenvalue weighted by atomic mass is 10.0. The first-order valence-electron chi connectivity index (χ1n) is 15.6. The van der Waals surface area contributed by atoms with E-state index in [1.165, 1.54) is 16.8 Å². The average molecular weight is 605 g/mol. The smallest absolute Gasteiger partial charge is 0.318 e. The second kappa shape index (κ2) is 13.9. The Balaban J connectivity index is 1.42. The number of hydrogen-bond acceptors (Lipinski definition) is 9. The van der Waals surface area contributed by atoms with Gasteiger partial charge in [0.05, 0.1) is 30.8 Å². The molecule has 1 unspecified atom stereocenters. The van der Waals surface area contributed by atoms with Gasteiger partial charge in [0.15, 0.2) is 0 Å². The summed E-state index contributed by atoms with van der Waals surface area (Å²) in [5, 5.41) is 9.64. The van der Waals surface area contributed by atoms with Gasteiger partial charge >= 0.3 is 6.01 Å². The monoisotopic (exact) mass is 604 g/mol. The molecule has 11 heteroatoms. The van der Waals surface area contributed by atoms with Crippen LogP contribution in [0.3, 0.4) is 0 Å². The minimum Gasteiger partial charge on any atom is -0.462 e. The second-order valence-corrected chi connectivity index (χ2v) is 12.5. The lowest BCUT2D eigenvalue weighted by Gasteiger charge is -2.42. The molecule has 4 heterocycles. The molecule has 0 aliphatic carbocycles. The number of nitriles is 1. The van der Waals surface area contributed by atoms with Crippen molar-refractivity contribution in [2.45, 2.75) is 57.9 Å². The van der Waals surface area contributed by atoms with Crippen LogP contribution in [-0.4, -0.2) is 116 Å². The van der Waals surface area contributed by atoms with Gasteiger partial charge in [-0.05, 0) is 65.0 Å². The molecule has 3 aliphatic heterocycles. The molecular weight excluding hydrogens is 559 g/mol. The minimum atomic E-state index is -0.853. The number of piperazine rings is 1. The summed E-state index contributed by atoms with van der Waals surface area (Å²) < 4.78 is 20.2. The van der Waals surface area contributed by atoms with E-state index in [-0.39, 0.29) is 24.4 Å². The quantitative estimate of drug-likeness (QED) is 0.401. The van der Waals surface area contributed by atoms with Crippen molar-refractivity contribution in [3.05, 3.63) is 52.7 Å². The van der Waals surface area contributed by atoms with E-state index in [0.717, 1.165) is 30.0 Å². The predicted molar refractivity (Wildman–Crippen MR) is 170 cm³/mol. The van der Waals surface area contributed by atoms with Crippen molar-refractivity contribution in [3.8, 4) is 12.1 Å². The Morgan fingerprint density at radius 1 is 1.16 bits per heavy atom. The SMILES string of the molecule is Cc1cccc(N2CCc3c(nc(OC[C@@H]4CC(F)CN4C)nc3N3CCN(C(=O)/C=C/CN(C)C)[C@@H](CC#N)C3)C2)c1C. The van der Waals surface area contributed by atoms with Crippen molar-refractivity contribution >= 4 is 17.4 Å². The number of alkyl halides is 1. The third-order valence-corrected chi connectivity index (χ3v) is 9.10. The van der Waals surface area contributed by atoms with Gasteiger partial charge in [0.25, 0.3) is 0 Å². The standard InChI is InChI=1S/C33H45FN8O2/c1-23-8-6-9-30(24(23)2)40-15-12-28-29(21-40)36-33(44-22-27-18-25(34)19-39(27)5)37-32(28)41-16-17-42(26(20-41)11-13-35)31(43)10-7-14-38(3)4/h6-10,25-27H,11-12,14-22H2,1-5H3/b10-7+/t25?,26-,27-/m0/s1. The minimum absolute atomic E-state index is 0.0327. The molecule has 10 nitrogen and oxygen atoms in total. The number of nitrogens with zero attached hydrogens (tertiary/aromatic N) is 8. The zero-order valence-corrected chi connectivity index (χ0v) is 26.7. The third kappa shape index (κ3) is 7.13. The second-order valence-electron chi connectivity index (χ2n) is 12.5. The fraction of sp³-hybridized carbons (Fsp3) is 0.576. The summed E-state index contributed by atoms with van der Waals surface area (Å²) in [7, 11) is 5.83. The van der Waals surface area contributed by atoms with Crippen LogP contribution < -0.4 is 14.5 Å². The highest BCUT2D eigenvalue weighted by atomic mass is 19.1. The van der Waals surface area contributed by atoms with Crippen molar-refractivity contribution in [2.24, 2.45) is 0 Å². The molecular formula is C33H45FN8O2. The van der Waals surface area contributed by atoms with E-state index < -0.39 is 6.17 Å². The van der Waals surface area contributed by atoms with Gasteiger partial charge in [-0.2, -0.15) is 15.2 Å². The van der Waals surface area contributed by atoms with Crippen molar-refractivity contribution in [1.82, 2.24) is 24.7 Å². The van der Waals surface area contributed by atoms with Gasteiger partial charge in [0.1, 0.15) is 18.6 Å². The summed E-state index contributed by atoms with van der Waals surface area (Å²) in [6, 6.07) is 8.66. The van der Waals surface area contributed by atoms with E-state index in [1.807, 2.05) is 41.9 Å². The van der Waals surface area contributed by atoms with Crippen LogP contribution in [0.4, 0.5) is 15.9 Å². The fourth-order valence-electron chi connectivity index (χ4n) is 6.45. The average Bonchev–Trinajstić information content (AvgIpc) is 3.32. The van der Waals surface area contributed by atoms with Crippen LogP contribution in [-0.2, 0) is 17.8 Å². The van der Waals surface area contributed by atoms with Gasteiger partial charge in [0, 0.05) is 62.6 Å². The van der Waals surface area contributed by atoms with E-state index in [4.69, 9.17) is 14.7 Å². The summed E-state index contributed by atoms with van der Waals surface area (Å²) in [5.74, 6) is 0.739. The van der Waals surface area contributed by atoms with E-state index >= 15 is 0 Å². The number of fused-ring (bicyclic) bond motifs is 1. The lowest BCUT2D eigenvalue weighted by molar-refractivity contribution is -0.128. The number of anilines is 2. The van der Waals surface area contributed by atoms with Gasteiger partial charge in [-0.3, -0.25) is 9.69 Å². The summed E-state index contributed by atoms with van der Waals surface area (Å²) in [6.07, 6.45) is 4.05. The maximum Gasteiger partial charge on any atom is 0.318 e. The number of carbonyl (C=O) groups excluding carboxylic acids is 1. The molecule has 0 spiro atoms. The Morgan fingerprint density at radius 2 is 1.98 bits per heavy atom. The molecule has 1 aromatic heterocycles. The zero-order valence-electron chi connectivity index (χ0n) is 26.7. The van der Waals surface area contributed by atoms with Crippen molar-refractivity contribution in [3.63, 3.8) is 0 Å². The van der Waals surface area contributed by atoms with Gasteiger partial charge < -0.3 is 24.3 Å². The summed E-state index contributed by atoms with van der Waals surface area (Å²) in [5.41, 5.74) is 5.71. The Kier molecular flexibility index (Phi) is 10.0. The van der Waals surface area contributed by atoms with Crippen LogP contribution in [0.5, 0.6) is 6.01 Å². The number of ether oxygens (including phenoxy) is 1. The number of rotatable bonds is 9. The molecule has 236 valence electrons. The molecule has 0 N–H and O–H groups in total. The number of amides is 1. The highest BCUT2D eigenvalue weighted by Crippen LogP contribution is 2.34. The molecule has 0 saturated carbocycles. The molecule has 44 heavy (non-hydrogen) atoms. The first-order chi connectivity index (χ1) is 21.1. The van der Waals surface area contributed by atoms with Crippen LogP contribution in [0.25, 0.3) is 0 Å². The highest BCUT2D eigenvalue weighted by Gasteiger charge is 2.34. The van der Waals surface area contributed by atoms with Crippen molar-refractivity contribution < 1.29 is 13.9 Å². The molecule has 0 bridgehead atoms. The molecule has 1 aromatic carbocycles. The number of hydrogen-bond donors (Lipinski definition) is 0. The molecule has 0 radical (unpaired) electrons. The predicted octanol–water partition coefficient (Wildman–Crippen LogP) is 3.13. The first-order valence-corrected chi connectivity index (χ1v) is 15.6. The van der Waals surface area contributed by atoms with E-state index in [0.29, 0.717) is 58.3 Å². The van der Waals surface area contributed by atoms with Crippen LogP contribution >= 0.6 is 0 Å². The zero-order chi connectivity index (χ0) is 31.4. The lowest BCUT2D eigenvalue weighted by Crippen LogP contribution is -2.55. The Hall–Kier alpha value is -3.75. The molecule has 1 amide bonds. The van der Waals surface area contributed by atoms with Crippen LogP contribution in [0.15, 0.2) is 30.4 Å².